The third-order valence-corrected chi connectivity index (χ3v) is 3.75. The lowest BCUT2D eigenvalue weighted by molar-refractivity contribution is 0.166. The number of hydrogen-bond acceptors (Lipinski definition) is 4. The van der Waals surface area contributed by atoms with Gasteiger partial charge in [0.05, 0.1) is 4.90 Å². The van der Waals surface area contributed by atoms with Gasteiger partial charge in [0.25, 0.3) is 10.0 Å². The number of carbonyl (C=O) groups is 1. The molecule has 0 fully saturated rings. The van der Waals surface area contributed by atoms with Crippen LogP contribution < -0.4 is 5.32 Å². The van der Waals surface area contributed by atoms with Gasteiger partial charge in [0.1, 0.15) is 6.61 Å². The highest BCUT2D eigenvalue weighted by Gasteiger charge is 2.20. The number of alkyl halides is 3. The van der Waals surface area contributed by atoms with E-state index in [-0.39, 0.29) is 11.5 Å². The number of carbonyl (C=O) groups excluding carboxylic acids is 1. The first-order valence-electron chi connectivity index (χ1n) is 5.06. The van der Waals surface area contributed by atoms with Crippen molar-refractivity contribution in [2.45, 2.75) is 7.04 Å². The van der Waals surface area contributed by atoms with E-state index in [2.05, 4.69) is 62.5 Å². The first-order chi connectivity index (χ1) is 9.64. The molecule has 0 unspecified atom stereocenters. The summed E-state index contributed by atoms with van der Waals surface area (Å²) in [5.41, 5.74) is 8.48. The van der Waals surface area contributed by atoms with Crippen molar-refractivity contribution in [1.29, 1.82) is 0 Å². The van der Waals surface area contributed by atoms with Crippen molar-refractivity contribution in [1.82, 2.24) is 0 Å². The van der Waals surface area contributed by atoms with E-state index >= 15 is 0 Å². The van der Waals surface area contributed by atoms with Gasteiger partial charge in [-0.1, -0.05) is 47.8 Å². The molecule has 1 aromatic carbocycles. The van der Waals surface area contributed by atoms with Crippen LogP contribution in [0.3, 0.4) is 0 Å². The number of sulfonamides is 1. The monoisotopic (exact) mass is 504 g/mol. The molecule has 0 radical (unpaired) electrons. The molecule has 1 amide bonds. The second-order valence-electron chi connectivity index (χ2n) is 3.49. The van der Waals surface area contributed by atoms with E-state index < -0.39 is 18.3 Å². The second-order valence-corrected chi connectivity index (χ2v) is 12.3. The summed E-state index contributed by atoms with van der Waals surface area (Å²) in [4.78, 5) is 13.5. The predicted octanol–water partition coefficient (Wildman–Crippen LogP) is 4.07. The summed E-state index contributed by atoms with van der Waals surface area (Å²) in [5.74, 6) is 0. The Morgan fingerprint density at radius 1 is 1.33 bits per heavy atom. The summed E-state index contributed by atoms with van der Waals surface area (Å²) < 4.78 is 29.7. The number of ether oxygens (including phenoxy) is 1. The fraction of sp³-hybridized carbons (Fsp3) is 0.222. The van der Waals surface area contributed by atoms with Crippen LogP contribution in [0.2, 0.25) is 0 Å². The van der Waals surface area contributed by atoms with Gasteiger partial charge in [-0.15, -0.1) is 0 Å². The third-order valence-electron chi connectivity index (χ3n) is 1.91. The average Bonchev–Trinajstić information content (AvgIpc) is 2.36. The Hall–Kier alpha value is -0.810. The van der Waals surface area contributed by atoms with Crippen LogP contribution in [-0.2, 0) is 14.8 Å². The molecule has 0 aromatic heterocycles. The lowest BCUT2D eigenvalue weighted by Crippen LogP contribution is -2.20. The van der Waals surface area contributed by atoms with E-state index in [1.54, 1.807) is 0 Å². The van der Waals surface area contributed by atoms with Crippen molar-refractivity contribution in [3.05, 3.63) is 34.7 Å². The molecule has 12 heteroatoms. The van der Waals surface area contributed by atoms with Crippen LogP contribution in [0.25, 0.3) is 10.4 Å². The fourth-order valence-corrected chi connectivity index (χ4v) is 2.12. The summed E-state index contributed by atoms with van der Waals surface area (Å²) in [5, 5.41) is 2.40. The molecular formula is C9H7Br3N4O4S. The number of benzene rings is 1. The topological polar surface area (TPSA) is 121 Å². The second kappa shape index (κ2) is 7.45. The molecule has 8 nitrogen and oxygen atoms in total. The van der Waals surface area contributed by atoms with E-state index in [1.165, 1.54) is 24.3 Å². The van der Waals surface area contributed by atoms with Crippen LogP contribution in [-0.4, -0.2) is 23.3 Å². The highest BCUT2D eigenvalue weighted by Crippen LogP contribution is 2.33. The van der Waals surface area contributed by atoms with E-state index in [9.17, 15) is 13.2 Å². The summed E-state index contributed by atoms with van der Waals surface area (Å²) in [6.45, 7) is 0.00216. The highest BCUT2D eigenvalue weighted by atomic mass is 80.0. The van der Waals surface area contributed by atoms with Gasteiger partial charge in [0.15, 0.2) is 2.14 Å². The van der Waals surface area contributed by atoms with Crippen molar-refractivity contribution < 1.29 is 17.9 Å². The molecule has 1 aromatic rings. The van der Waals surface area contributed by atoms with Crippen molar-refractivity contribution in [2.24, 2.45) is 4.52 Å². The number of amides is 1. The van der Waals surface area contributed by atoms with Gasteiger partial charge in [-0.3, -0.25) is 5.32 Å². The Balaban J connectivity index is 2.72. The van der Waals surface area contributed by atoms with Crippen LogP contribution in [0.4, 0.5) is 10.5 Å². The van der Waals surface area contributed by atoms with Crippen molar-refractivity contribution in [3.63, 3.8) is 0 Å². The maximum atomic E-state index is 11.5. The molecule has 114 valence electrons. The summed E-state index contributed by atoms with van der Waals surface area (Å²) >= 11 is 9.48. The molecule has 0 saturated heterocycles. The van der Waals surface area contributed by atoms with E-state index in [4.69, 9.17) is 10.3 Å². The number of hydrogen-bond donors (Lipinski definition) is 1. The lowest BCUT2D eigenvalue weighted by Gasteiger charge is -2.13. The summed E-state index contributed by atoms with van der Waals surface area (Å²) in [6, 6.07) is 5.07. The van der Waals surface area contributed by atoms with Crippen LogP contribution >= 0.6 is 47.8 Å². The predicted molar refractivity (Wildman–Crippen MR) is 87.3 cm³/mol. The Morgan fingerprint density at radius 2 is 1.90 bits per heavy atom. The highest BCUT2D eigenvalue weighted by molar-refractivity contribution is 9.39. The van der Waals surface area contributed by atoms with Gasteiger partial charge in [0.2, 0.25) is 0 Å². The van der Waals surface area contributed by atoms with Crippen LogP contribution in [0, 0.1) is 0 Å². The number of azide groups is 1. The molecule has 0 aliphatic rings. The van der Waals surface area contributed by atoms with Crippen molar-refractivity contribution in [2.75, 3.05) is 11.9 Å². The Morgan fingerprint density at radius 3 is 2.38 bits per heavy atom. The van der Waals surface area contributed by atoms with Crippen molar-refractivity contribution >= 4 is 69.6 Å². The molecule has 0 heterocycles. The molecule has 0 aliphatic heterocycles. The van der Waals surface area contributed by atoms with Crippen LogP contribution in [0.15, 0.2) is 33.7 Å². The Kier molecular flexibility index (Phi) is 6.47. The van der Waals surface area contributed by atoms with Gasteiger partial charge in [-0.25, -0.2) is 13.2 Å². The largest absolute Gasteiger partial charge is 0.446 e. The average molecular weight is 507 g/mol. The van der Waals surface area contributed by atoms with Crippen molar-refractivity contribution in [3.8, 4) is 0 Å². The SMILES string of the molecule is [N-]=[N+]=NS(=O)(=O)c1ccc(NC(=O)OCC(Br)(Br)Br)cc1. The van der Waals surface area contributed by atoms with Gasteiger partial charge >= 0.3 is 6.09 Å². The first-order valence-corrected chi connectivity index (χ1v) is 8.88. The summed E-state index contributed by atoms with van der Waals surface area (Å²) in [7, 11) is -4.04. The molecule has 0 aliphatic carbocycles. The number of nitrogens with one attached hydrogen (secondary N) is 1. The summed E-state index contributed by atoms with van der Waals surface area (Å²) in [6.07, 6.45) is -0.719. The molecule has 21 heavy (non-hydrogen) atoms. The normalized spacial score (nSPS) is 11.4. The molecule has 1 N–H and O–H groups in total. The quantitative estimate of drug-likeness (QED) is 0.286. The smallest absolute Gasteiger partial charge is 0.411 e. The minimum absolute atomic E-state index is 0.00216. The number of halogens is 3. The minimum atomic E-state index is -4.04. The van der Waals surface area contributed by atoms with Gasteiger partial charge in [-0.05, 0) is 29.8 Å². The number of nitrogens with zero attached hydrogens (tertiary/aromatic N) is 3. The minimum Gasteiger partial charge on any atom is -0.446 e. The molecule has 0 spiro atoms. The van der Waals surface area contributed by atoms with Gasteiger partial charge < -0.3 is 4.74 Å². The van der Waals surface area contributed by atoms with Crippen LogP contribution in [0.1, 0.15) is 0 Å². The van der Waals surface area contributed by atoms with Gasteiger partial charge in [-0.2, -0.15) is 0 Å². The zero-order chi connectivity index (χ0) is 16.1. The van der Waals surface area contributed by atoms with E-state index in [0.29, 0.717) is 5.69 Å². The number of rotatable bonds is 4. The molecule has 0 atom stereocenters. The standard InChI is InChI=1S/C9H7Br3N4O4S/c10-9(11,12)5-20-8(17)14-6-1-3-7(4-2-6)21(18,19)16-15-13/h1-4H,5H2,(H,14,17). The molecule has 1 rings (SSSR count). The third kappa shape index (κ3) is 6.66. The maximum absolute atomic E-state index is 11.5. The maximum Gasteiger partial charge on any atom is 0.411 e. The van der Waals surface area contributed by atoms with Gasteiger partial charge in [0, 0.05) is 15.1 Å². The Labute approximate surface area is 145 Å². The molecular weight excluding hydrogens is 500 g/mol. The van der Waals surface area contributed by atoms with E-state index in [1.807, 2.05) is 0 Å². The zero-order valence-electron chi connectivity index (χ0n) is 10.0. The fourth-order valence-electron chi connectivity index (χ4n) is 1.11. The Bertz CT molecular complexity index is 665. The first kappa shape index (κ1) is 18.2. The number of anilines is 1. The van der Waals surface area contributed by atoms with E-state index in [0.717, 1.165) is 0 Å². The molecule has 0 saturated carbocycles. The zero-order valence-corrected chi connectivity index (χ0v) is 15.6. The lowest BCUT2D eigenvalue weighted by atomic mass is 10.3. The van der Waals surface area contributed by atoms with Crippen LogP contribution in [0.5, 0.6) is 0 Å². The molecule has 0 bridgehead atoms.